The van der Waals surface area contributed by atoms with Gasteiger partial charge in [-0.3, -0.25) is 4.79 Å². The maximum absolute atomic E-state index is 13.3. The summed E-state index contributed by atoms with van der Waals surface area (Å²) in [6.45, 7) is 9.20. The first-order chi connectivity index (χ1) is 13.6. The van der Waals surface area contributed by atoms with Crippen molar-refractivity contribution in [2.45, 2.75) is 78.8 Å². The monoisotopic (exact) mass is 397 g/mol. The third-order valence-corrected chi connectivity index (χ3v) is 7.19. The Morgan fingerprint density at radius 3 is 2.17 bits per heavy atom. The molecule has 0 radical (unpaired) electrons. The molecule has 0 aromatic heterocycles. The molecule has 5 rings (SSSR count). The molecule has 4 aliphatic rings. The minimum absolute atomic E-state index is 0.0959. The largest absolute Gasteiger partial charge is 0.352 e. The Morgan fingerprint density at radius 1 is 1.00 bits per heavy atom. The van der Waals surface area contributed by atoms with Gasteiger partial charge in [0, 0.05) is 18.3 Å². The molecule has 5 heteroatoms. The van der Waals surface area contributed by atoms with Crippen LogP contribution < -0.4 is 16.0 Å². The van der Waals surface area contributed by atoms with Gasteiger partial charge in [0.05, 0.1) is 5.41 Å². The normalized spacial score (nSPS) is 34.9. The lowest BCUT2D eigenvalue weighted by Gasteiger charge is -2.64. The molecule has 0 spiro atoms. The standard InChI is InChI=1S/C24H35N3O2/c1-16(2)26-21(29)27-19-7-5-17(6-8-19)12-25-20(28)24-11-18-9-22(3,14-24)13-23(4,10-18)15-24/h5-8,16,18H,9-15H2,1-4H3,(H,25,28)(H2,26,27,29). The van der Waals surface area contributed by atoms with Crippen molar-refractivity contribution in [3.8, 4) is 0 Å². The molecular weight excluding hydrogens is 362 g/mol. The van der Waals surface area contributed by atoms with Gasteiger partial charge < -0.3 is 16.0 Å². The summed E-state index contributed by atoms with van der Waals surface area (Å²) in [6, 6.07) is 7.59. The highest BCUT2D eigenvalue weighted by atomic mass is 16.2. The van der Waals surface area contributed by atoms with Crippen LogP contribution in [0.1, 0.15) is 71.8 Å². The number of hydrogen-bond donors (Lipinski definition) is 3. The van der Waals surface area contributed by atoms with E-state index in [4.69, 9.17) is 0 Å². The van der Waals surface area contributed by atoms with E-state index in [1.807, 2.05) is 38.1 Å². The molecule has 2 atom stereocenters. The molecule has 4 aliphatic carbocycles. The molecule has 5 nitrogen and oxygen atoms in total. The molecule has 4 bridgehead atoms. The lowest BCUT2D eigenvalue weighted by molar-refractivity contribution is -0.170. The van der Waals surface area contributed by atoms with Gasteiger partial charge in [0.1, 0.15) is 0 Å². The quantitative estimate of drug-likeness (QED) is 0.666. The first kappa shape index (κ1) is 20.2. The van der Waals surface area contributed by atoms with Crippen LogP contribution in [0.2, 0.25) is 0 Å². The van der Waals surface area contributed by atoms with Crippen LogP contribution >= 0.6 is 0 Å². The number of urea groups is 1. The van der Waals surface area contributed by atoms with Crippen LogP contribution in [0, 0.1) is 22.2 Å². The Bertz CT molecular complexity index is 783. The summed E-state index contributed by atoms with van der Waals surface area (Å²) < 4.78 is 0. The summed E-state index contributed by atoms with van der Waals surface area (Å²) in [5, 5.41) is 8.87. The van der Waals surface area contributed by atoms with Gasteiger partial charge in [0.25, 0.3) is 0 Å². The number of carbonyl (C=O) groups is 2. The van der Waals surface area contributed by atoms with Crippen molar-refractivity contribution in [1.29, 1.82) is 0 Å². The second-order valence-electron chi connectivity index (χ2n) is 11.0. The number of carbonyl (C=O) groups excluding carboxylic acids is 2. The van der Waals surface area contributed by atoms with Gasteiger partial charge in [-0.05, 0) is 86.8 Å². The Hall–Kier alpha value is -2.04. The first-order valence-electron chi connectivity index (χ1n) is 11.0. The molecule has 2 unspecified atom stereocenters. The number of amides is 3. The molecule has 0 aliphatic heterocycles. The van der Waals surface area contributed by atoms with E-state index in [1.54, 1.807) is 0 Å². The molecule has 3 N–H and O–H groups in total. The predicted molar refractivity (Wildman–Crippen MR) is 115 cm³/mol. The van der Waals surface area contributed by atoms with Crippen LogP contribution in [0.4, 0.5) is 10.5 Å². The Morgan fingerprint density at radius 2 is 1.62 bits per heavy atom. The Labute approximate surface area is 174 Å². The highest BCUT2D eigenvalue weighted by molar-refractivity contribution is 5.89. The Kier molecular flexibility index (Phi) is 4.91. The van der Waals surface area contributed by atoms with E-state index < -0.39 is 0 Å². The fourth-order valence-electron chi connectivity index (χ4n) is 7.21. The van der Waals surface area contributed by atoms with Crippen molar-refractivity contribution in [1.82, 2.24) is 10.6 Å². The number of benzene rings is 1. The maximum Gasteiger partial charge on any atom is 0.319 e. The van der Waals surface area contributed by atoms with Gasteiger partial charge in [-0.15, -0.1) is 0 Å². The van der Waals surface area contributed by atoms with Gasteiger partial charge in [0.15, 0.2) is 0 Å². The summed E-state index contributed by atoms with van der Waals surface area (Å²) >= 11 is 0. The molecule has 1 aromatic carbocycles. The highest BCUT2D eigenvalue weighted by Crippen LogP contribution is 2.69. The summed E-state index contributed by atoms with van der Waals surface area (Å²) in [7, 11) is 0. The average Bonchev–Trinajstić information content (AvgIpc) is 2.57. The van der Waals surface area contributed by atoms with Crippen molar-refractivity contribution in [3.63, 3.8) is 0 Å². The fraction of sp³-hybridized carbons (Fsp3) is 0.667. The summed E-state index contributed by atoms with van der Waals surface area (Å²) in [5.74, 6) is 0.965. The highest BCUT2D eigenvalue weighted by Gasteiger charge is 2.62. The zero-order chi connectivity index (χ0) is 20.9. The molecular formula is C24H35N3O2. The first-order valence-corrected chi connectivity index (χ1v) is 11.0. The molecule has 4 fully saturated rings. The van der Waals surface area contributed by atoms with E-state index in [9.17, 15) is 9.59 Å². The second-order valence-corrected chi connectivity index (χ2v) is 11.0. The molecule has 1 aromatic rings. The van der Waals surface area contributed by atoms with E-state index in [2.05, 4.69) is 29.8 Å². The zero-order valence-electron chi connectivity index (χ0n) is 18.2. The van der Waals surface area contributed by atoms with Crippen molar-refractivity contribution in [3.05, 3.63) is 29.8 Å². The maximum atomic E-state index is 13.3. The predicted octanol–water partition coefficient (Wildman–Crippen LogP) is 4.83. The van der Waals surface area contributed by atoms with Gasteiger partial charge in [-0.1, -0.05) is 26.0 Å². The van der Waals surface area contributed by atoms with E-state index in [-0.39, 0.29) is 23.4 Å². The molecule has 158 valence electrons. The number of hydrogen-bond acceptors (Lipinski definition) is 2. The minimum Gasteiger partial charge on any atom is -0.352 e. The van der Waals surface area contributed by atoms with E-state index in [0.717, 1.165) is 30.5 Å². The van der Waals surface area contributed by atoms with Crippen LogP contribution in [-0.4, -0.2) is 18.0 Å². The van der Waals surface area contributed by atoms with Crippen LogP contribution in [-0.2, 0) is 11.3 Å². The van der Waals surface area contributed by atoms with Crippen LogP contribution in [0.15, 0.2) is 24.3 Å². The Balaban J connectivity index is 1.36. The molecule has 29 heavy (non-hydrogen) atoms. The summed E-state index contributed by atoms with van der Waals surface area (Å²) in [5.41, 5.74) is 2.32. The fourth-order valence-corrected chi connectivity index (χ4v) is 7.21. The van der Waals surface area contributed by atoms with Crippen molar-refractivity contribution >= 4 is 17.6 Å². The minimum atomic E-state index is -0.204. The SMILES string of the molecule is CC(C)NC(=O)Nc1ccc(CNC(=O)C23CC4CC(C)(CC(C)(C4)C2)C3)cc1. The number of nitrogens with one attached hydrogen (secondary N) is 3. The zero-order valence-corrected chi connectivity index (χ0v) is 18.2. The van der Waals surface area contributed by atoms with E-state index >= 15 is 0 Å². The third kappa shape index (κ3) is 4.15. The van der Waals surface area contributed by atoms with Crippen LogP contribution in [0.5, 0.6) is 0 Å². The van der Waals surface area contributed by atoms with Gasteiger partial charge >= 0.3 is 6.03 Å². The lowest BCUT2D eigenvalue weighted by atomic mass is 9.40. The summed E-state index contributed by atoms with van der Waals surface area (Å²) in [4.78, 5) is 25.1. The smallest absolute Gasteiger partial charge is 0.319 e. The molecule has 0 heterocycles. The van der Waals surface area contributed by atoms with Crippen molar-refractivity contribution in [2.75, 3.05) is 5.32 Å². The van der Waals surface area contributed by atoms with Gasteiger partial charge in [0.2, 0.25) is 5.91 Å². The molecule has 3 amide bonds. The van der Waals surface area contributed by atoms with Crippen LogP contribution in [0.3, 0.4) is 0 Å². The second kappa shape index (κ2) is 7.03. The third-order valence-electron chi connectivity index (χ3n) is 7.19. The van der Waals surface area contributed by atoms with E-state index in [0.29, 0.717) is 23.3 Å². The average molecular weight is 398 g/mol. The topological polar surface area (TPSA) is 70.2 Å². The number of rotatable bonds is 5. The molecule has 4 saturated carbocycles. The van der Waals surface area contributed by atoms with Crippen LogP contribution in [0.25, 0.3) is 0 Å². The lowest BCUT2D eigenvalue weighted by Crippen LogP contribution is -2.59. The van der Waals surface area contributed by atoms with E-state index in [1.165, 1.54) is 19.3 Å². The summed E-state index contributed by atoms with van der Waals surface area (Å²) in [6.07, 6.45) is 7.05. The van der Waals surface area contributed by atoms with Crippen molar-refractivity contribution in [2.24, 2.45) is 22.2 Å². The van der Waals surface area contributed by atoms with Crippen molar-refractivity contribution < 1.29 is 9.59 Å². The number of anilines is 1. The van der Waals surface area contributed by atoms with Gasteiger partial charge in [-0.25, -0.2) is 4.79 Å². The molecule has 0 saturated heterocycles. The van der Waals surface area contributed by atoms with Gasteiger partial charge in [-0.2, -0.15) is 0 Å².